The average molecular weight is 564 g/mol. The SMILES string of the molecule is CCOC(=O)c1cn(-c2ccccc2)c2nc(Nc3ccc(CCS(=O)(=O)N4CCOCC4)cc3)ncc2c1=O. The Morgan fingerprint density at radius 2 is 1.80 bits per heavy atom. The number of nitrogens with one attached hydrogen (secondary N) is 1. The summed E-state index contributed by atoms with van der Waals surface area (Å²) in [4.78, 5) is 34.5. The molecule has 1 aliphatic heterocycles. The molecule has 0 atom stereocenters. The second kappa shape index (κ2) is 11.9. The Balaban J connectivity index is 1.38. The van der Waals surface area contributed by atoms with Crippen LogP contribution in [0.5, 0.6) is 0 Å². The van der Waals surface area contributed by atoms with Crippen LogP contribution in [0.25, 0.3) is 16.7 Å². The first-order chi connectivity index (χ1) is 19.4. The molecular weight excluding hydrogens is 534 g/mol. The summed E-state index contributed by atoms with van der Waals surface area (Å²) in [6.45, 7) is 3.44. The van der Waals surface area contributed by atoms with Crippen LogP contribution in [0.15, 0.2) is 71.8 Å². The third-order valence-electron chi connectivity index (χ3n) is 6.50. The van der Waals surface area contributed by atoms with E-state index in [4.69, 9.17) is 9.47 Å². The maximum atomic E-state index is 13.1. The zero-order valence-electron chi connectivity index (χ0n) is 21.9. The Kier molecular flexibility index (Phi) is 8.19. The molecule has 0 unspecified atom stereocenters. The predicted molar refractivity (Wildman–Crippen MR) is 151 cm³/mol. The lowest BCUT2D eigenvalue weighted by Crippen LogP contribution is -2.42. The third kappa shape index (κ3) is 6.03. The number of hydrogen-bond donors (Lipinski definition) is 1. The maximum Gasteiger partial charge on any atom is 0.343 e. The number of rotatable bonds is 9. The third-order valence-corrected chi connectivity index (χ3v) is 8.37. The zero-order chi connectivity index (χ0) is 28.1. The first-order valence-corrected chi connectivity index (χ1v) is 14.5. The first kappa shape index (κ1) is 27.4. The molecule has 4 aromatic rings. The Hall–Kier alpha value is -4.13. The highest BCUT2D eigenvalue weighted by Crippen LogP contribution is 2.20. The zero-order valence-corrected chi connectivity index (χ0v) is 22.8. The number of pyridine rings is 1. The number of aromatic nitrogens is 3. The predicted octanol–water partition coefficient (Wildman–Crippen LogP) is 2.91. The van der Waals surface area contributed by atoms with Crippen molar-refractivity contribution in [2.75, 3.05) is 44.0 Å². The number of carbonyl (C=O) groups is 1. The summed E-state index contributed by atoms with van der Waals surface area (Å²) in [5.74, 6) is -0.430. The van der Waals surface area contributed by atoms with Gasteiger partial charge in [-0.15, -0.1) is 0 Å². The minimum atomic E-state index is -3.34. The van der Waals surface area contributed by atoms with Crippen LogP contribution in [0.3, 0.4) is 0 Å². The molecule has 0 amide bonds. The molecular formula is C28H29N5O6S. The molecule has 0 radical (unpaired) electrons. The molecule has 1 aliphatic rings. The molecule has 1 N–H and O–H groups in total. The van der Waals surface area contributed by atoms with E-state index in [0.717, 1.165) is 5.56 Å². The van der Waals surface area contributed by atoms with Crippen molar-refractivity contribution in [3.63, 3.8) is 0 Å². The van der Waals surface area contributed by atoms with Crippen LogP contribution in [0.4, 0.5) is 11.6 Å². The number of hydrogen-bond acceptors (Lipinski definition) is 9. The van der Waals surface area contributed by atoms with Gasteiger partial charge in [-0.1, -0.05) is 30.3 Å². The van der Waals surface area contributed by atoms with Crippen molar-refractivity contribution in [2.24, 2.45) is 0 Å². The van der Waals surface area contributed by atoms with Crippen molar-refractivity contribution in [1.29, 1.82) is 0 Å². The lowest BCUT2D eigenvalue weighted by molar-refractivity contribution is 0.0524. The van der Waals surface area contributed by atoms with Gasteiger partial charge in [0.2, 0.25) is 21.4 Å². The van der Waals surface area contributed by atoms with E-state index in [1.54, 1.807) is 11.5 Å². The molecule has 0 saturated carbocycles. The fraction of sp³-hybridized carbons (Fsp3) is 0.286. The molecule has 0 aliphatic carbocycles. The highest BCUT2D eigenvalue weighted by atomic mass is 32.2. The molecule has 0 spiro atoms. The van der Waals surface area contributed by atoms with Crippen LogP contribution in [0.2, 0.25) is 0 Å². The monoisotopic (exact) mass is 563 g/mol. The number of anilines is 2. The van der Waals surface area contributed by atoms with E-state index >= 15 is 0 Å². The van der Waals surface area contributed by atoms with Crippen LogP contribution in [0, 0.1) is 0 Å². The Bertz CT molecular complexity index is 1670. The van der Waals surface area contributed by atoms with Crippen LogP contribution in [-0.2, 0) is 25.9 Å². The number of esters is 1. The van der Waals surface area contributed by atoms with Gasteiger partial charge in [0, 0.05) is 36.9 Å². The number of benzene rings is 2. The average Bonchev–Trinajstić information content (AvgIpc) is 2.98. The Morgan fingerprint density at radius 1 is 1.07 bits per heavy atom. The molecule has 0 bridgehead atoms. The van der Waals surface area contributed by atoms with E-state index in [1.165, 1.54) is 16.7 Å². The van der Waals surface area contributed by atoms with E-state index in [-0.39, 0.29) is 29.3 Å². The minimum Gasteiger partial charge on any atom is -0.462 e. The minimum absolute atomic E-state index is 0.0262. The number of sulfonamides is 1. The van der Waals surface area contributed by atoms with Crippen LogP contribution in [0.1, 0.15) is 22.8 Å². The summed E-state index contributed by atoms with van der Waals surface area (Å²) in [6.07, 6.45) is 3.22. The largest absolute Gasteiger partial charge is 0.462 e. The number of carbonyl (C=O) groups excluding carboxylic acids is 1. The summed E-state index contributed by atoms with van der Waals surface area (Å²) < 4.78 is 38.7. The van der Waals surface area contributed by atoms with Gasteiger partial charge in [0.1, 0.15) is 5.56 Å². The number of ether oxygens (including phenoxy) is 2. The first-order valence-electron chi connectivity index (χ1n) is 12.9. The number of para-hydroxylation sites is 1. The number of nitrogens with zero attached hydrogens (tertiary/aromatic N) is 4. The highest BCUT2D eigenvalue weighted by Gasteiger charge is 2.24. The van der Waals surface area contributed by atoms with Crippen molar-refractivity contribution in [2.45, 2.75) is 13.3 Å². The molecule has 3 heterocycles. The van der Waals surface area contributed by atoms with Crippen LogP contribution < -0.4 is 10.7 Å². The highest BCUT2D eigenvalue weighted by molar-refractivity contribution is 7.89. The smallest absolute Gasteiger partial charge is 0.343 e. The summed E-state index contributed by atoms with van der Waals surface area (Å²) in [7, 11) is -3.34. The van der Waals surface area contributed by atoms with Crippen LogP contribution in [-0.4, -0.2) is 71.9 Å². The van der Waals surface area contributed by atoms with Gasteiger partial charge in [-0.3, -0.25) is 4.79 Å². The molecule has 5 rings (SSSR count). The summed E-state index contributed by atoms with van der Waals surface area (Å²) in [6, 6.07) is 16.6. The van der Waals surface area contributed by atoms with E-state index in [9.17, 15) is 18.0 Å². The number of aryl methyl sites for hydroxylation is 1. The molecule has 11 nitrogen and oxygen atoms in total. The fourth-order valence-electron chi connectivity index (χ4n) is 4.40. The lowest BCUT2D eigenvalue weighted by atomic mass is 10.1. The fourth-order valence-corrected chi connectivity index (χ4v) is 5.85. The molecule has 40 heavy (non-hydrogen) atoms. The number of morpholine rings is 1. The summed E-state index contributed by atoms with van der Waals surface area (Å²) in [5.41, 5.74) is 1.99. The van der Waals surface area contributed by atoms with Gasteiger partial charge in [-0.25, -0.2) is 18.2 Å². The molecule has 2 aromatic carbocycles. The van der Waals surface area contributed by atoms with E-state index in [2.05, 4.69) is 15.3 Å². The Labute approximate surface area is 231 Å². The van der Waals surface area contributed by atoms with E-state index < -0.39 is 21.4 Å². The van der Waals surface area contributed by atoms with E-state index in [0.29, 0.717) is 49.7 Å². The molecule has 12 heteroatoms. The van der Waals surface area contributed by atoms with Crippen molar-refractivity contribution in [3.8, 4) is 5.69 Å². The summed E-state index contributed by atoms with van der Waals surface area (Å²) in [5, 5.41) is 3.31. The quantitative estimate of drug-likeness (QED) is 0.305. The van der Waals surface area contributed by atoms with Gasteiger partial charge < -0.3 is 19.4 Å². The second-order valence-electron chi connectivity index (χ2n) is 9.13. The van der Waals surface area contributed by atoms with Gasteiger partial charge in [0.25, 0.3) is 0 Å². The molecule has 1 saturated heterocycles. The molecule has 1 fully saturated rings. The lowest BCUT2D eigenvalue weighted by Gasteiger charge is -2.26. The van der Waals surface area contributed by atoms with Crippen molar-refractivity contribution in [1.82, 2.24) is 18.8 Å². The molecule has 208 valence electrons. The van der Waals surface area contributed by atoms with Gasteiger partial charge >= 0.3 is 5.97 Å². The van der Waals surface area contributed by atoms with Crippen molar-refractivity contribution < 1.29 is 22.7 Å². The van der Waals surface area contributed by atoms with E-state index in [1.807, 2.05) is 54.6 Å². The van der Waals surface area contributed by atoms with Crippen molar-refractivity contribution >= 4 is 38.7 Å². The van der Waals surface area contributed by atoms with Crippen LogP contribution >= 0.6 is 0 Å². The van der Waals surface area contributed by atoms with Gasteiger partial charge in [0.05, 0.1) is 31.0 Å². The standard InChI is InChI=1S/C28H29N5O6S/c1-2-39-27(35)24-19-33(22-6-4-3-5-7-22)26-23(25(24)34)18-29-28(31-26)30-21-10-8-20(9-11-21)12-17-40(36,37)32-13-15-38-16-14-32/h3-11,18-19H,2,12-17H2,1H3,(H,29,30,31). The normalized spacial score (nSPS) is 14.2. The van der Waals surface area contributed by atoms with Crippen molar-refractivity contribution in [3.05, 3.63) is 88.3 Å². The summed E-state index contributed by atoms with van der Waals surface area (Å²) >= 11 is 0. The Morgan fingerprint density at radius 3 is 2.50 bits per heavy atom. The topological polar surface area (TPSA) is 133 Å². The van der Waals surface area contributed by atoms with Gasteiger partial charge in [0.15, 0.2) is 5.65 Å². The van der Waals surface area contributed by atoms with Gasteiger partial charge in [-0.05, 0) is 43.2 Å². The van der Waals surface area contributed by atoms with Gasteiger partial charge in [-0.2, -0.15) is 9.29 Å². The number of fused-ring (bicyclic) bond motifs is 1. The maximum absolute atomic E-state index is 13.1. The molecule has 2 aromatic heterocycles. The second-order valence-corrected chi connectivity index (χ2v) is 11.2.